The number of aromatic amines is 1. The van der Waals surface area contributed by atoms with Gasteiger partial charge in [-0.2, -0.15) is 10.4 Å². The summed E-state index contributed by atoms with van der Waals surface area (Å²) in [5.41, 5.74) is 8.49. The maximum absolute atomic E-state index is 13.4. The van der Waals surface area contributed by atoms with Crippen molar-refractivity contribution >= 4 is 27.4 Å². The SMILES string of the molecule is C[C@H]1Cc2ccccc2N1S(=O)(=O)c1cccc(C(=O)NCCCc2[nH]nc(N)c2C#N)c1. The van der Waals surface area contributed by atoms with Crippen molar-refractivity contribution in [2.24, 2.45) is 0 Å². The van der Waals surface area contributed by atoms with Crippen molar-refractivity contribution in [3.8, 4) is 6.07 Å². The number of H-pyrrole nitrogens is 1. The molecule has 0 unspecified atom stereocenters. The smallest absolute Gasteiger partial charge is 0.264 e. The lowest BCUT2D eigenvalue weighted by molar-refractivity contribution is 0.0953. The molecule has 0 fully saturated rings. The molecular weight excluding hydrogens is 440 g/mol. The van der Waals surface area contributed by atoms with Crippen molar-refractivity contribution in [1.82, 2.24) is 15.5 Å². The first-order chi connectivity index (χ1) is 15.8. The highest BCUT2D eigenvalue weighted by Crippen LogP contribution is 2.36. The highest BCUT2D eigenvalue weighted by Gasteiger charge is 2.36. The van der Waals surface area contributed by atoms with Crippen LogP contribution in [0, 0.1) is 11.3 Å². The van der Waals surface area contributed by atoms with Gasteiger partial charge >= 0.3 is 0 Å². The molecule has 1 amide bonds. The van der Waals surface area contributed by atoms with E-state index in [9.17, 15) is 13.2 Å². The predicted octanol–water partition coefficient (Wildman–Crippen LogP) is 2.37. The maximum atomic E-state index is 13.4. The number of aryl methyl sites for hydroxylation is 1. The van der Waals surface area contributed by atoms with E-state index in [0.717, 1.165) is 5.56 Å². The largest absolute Gasteiger partial charge is 0.381 e. The van der Waals surface area contributed by atoms with Crippen LogP contribution in [-0.2, 0) is 22.9 Å². The van der Waals surface area contributed by atoms with E-state index >= 15 is 0 Å². The van der Waals surface area contributed by atoms with Crippen LogP contribution in [0.1, 0.15) is 40.5 Å². The van der Waals surface area contributed by atoms with Crippen molar-refractivity contribution in [3.63, 3.8) is 0 Å². The summed E-state index contributed by atoms with van der Waals surface area (Å²) in [6.07, 6.45) is 1.70. The number of nitriles is 1. The summed E-state index contributed by atoms with van der Waals surface area (Å²) < 4.78 is 28.3. The van der Waals surface area contributed by atoms with E-state index in [-0.39, 0.29) is 28.2 Å². The molecule has 33 heavy (non-hydrogen) atoms. The molecule has 10 heteroatoms. The van der Waals surface area contributed by atoms with Crippen LogP contribution in [0.4, 0.5) is 11.5 Å². The fourth-order valence-corrected chi connectivity index (χ4v) is 5.82. The molecular formula is C23H24N6O3S. The summed E-state index contributed by atoms with van der Waals surface area (Å²) in [5.74, 6) is -0.212. The minimum atomic E-state index is -3.82. The van der Waals surface area contributed by atoms with Gasteiger partial charge in [0.2, 0.25) is 0 Å². The Bertz CT molecular complexity index is 1340. The molecule has 4 N–H and O–H groups in total. The fraction of sp³-hybridized carbons (Fsp3) is 0.261. The second kappa shape index (κ2) is 8.96. The summed E-state index contributed by atoms with van der Waals surface area (Å²) in [5, 5.41) is 18.4. The van der Waals surface area contributed by atoms with E-state index in [4.69, 9.17) is 11.0 Å². The number of para-hydroxylation sites is 1. The summed E-state index contributed by atoms with van der Waals surface area (Å²) in [6.45, 7) is 2.22. The summed E-state index contributed by atoms with van der Waals surface area (Å²) in [4.78, 5) is 12.7. The van der Waals surface area contributed by atoms with Gasteiger partial charge < -0.3 is 11.1 Å². The van der Waals surface area contributed by atoms with Crippen LogP contribution in [-0.4, -0.2) is 37.1 Å². The standard InChI is InChI=1S/C23H24N6O3S/c1-15-12-16-6-2-3-10-21(16)29(15)33(31,32)18-8-4-7-17(13-18)23(30)26-11-5-9-20-19(14-24)22(25)28-27-20/h2-4,6-8,10,13,15H,5,9,11-12H2,1H3,(H,26,30)(H3,25,27,28)/t15-/m0/s1. The highest BCUT2D eigenvalue weighted by molar-refractivity contribution is 7.92. The van der Waals surface area contributed by atoms with Gasteiger partial charge in [0.05, 0.1) is 16.3 Å². The topological polar surface area (TPSA) is 145 Å². The van der Waals surface area contributed by atoms with Crippen molar-refractivity contribution in [3.05, 3.63) is 70.9 Å². The van der Waals surface area contributed by atoms with E-state index in [2.05, 4.69) is 15.5 Å². The first-order valence-corrected chi connectivity index (χ1v) is 12.0. The number of amides is 1. The molecule has 0 bridgehead atoms. The number of anilines is 2. The van der Waals surface area contributed by atoms with Crippen molar-refractivity contribution in [1.29, 1.82) is 5.26 Å². The summed E-state index contributed by atoms with van der Waals surface area (Å²) in [7, 11) is -3.82. The molecule has 9 nitrogen and oxygen atoms in total. The Kier molecular flexibility index (Phi) is 6.07. The van der Waals surface area contributed by atoms with Crippen molar-refractivity contribution < 1.29 is 13.2 Å². The third-order valence-electron chi connectivity index (χ3n) is 5.67. The van der Waals surface area contributed by atoms with Crippen LogP contribution < -0.4 is 15.4 Å². The van der Waals surface area contributed by atoms with Crippen LogP contribution in [0.5, 0.6) is 0 Å². The molecule has 0 radical (unpaired) electrons. The third kappa shape index (κ3) is 4.27. The number of aromatic nitrogens is 2. The second-order valence-corrected chi connectivity index (χ2v) is 9.76. The molecule has 2 aromatic carbocycles. The monoisotopic (exact) mass is 464 g/mol. The minimum Gasteiger partial charge on any atom is -0.381 e. The Hall–Kier alpha value is -3.84. The average Bonchev–Trinajstić information content (AvgIpc) is 3.34. The predicted molar refractivity (Wildman–Crippen MR) is 124 cm³/mol. The molecule has 1 aromatic heterocycles. The van der Waals surface area contributed by atoms with Gasteiger partial charge in [-0.15, -0.1) is 0 Å². The first kappa shape index (κ1) is 22.4. The molecule has 1 aliphatic heterocycles. The summed E-state index contributed by atoms with van der Waals surface area (Å²) in [6, 6.07) is 15.3. The fourth-order valence-electron chi connectivity index (χ4n) is 4.08. The molecule has 0 saturated carbocycles. The number of hydrogen-bond acceptors (Lipinski definition) is 6. The maximum Gasteiger partial charge on any atom is 0.264 e. The van der Waals surface area contributed by atoms with Gasteiger partial charge in [-0.1, -0.05) is 24.3 Å². The van der Waals surface area contributed by atoms with E-state index in [1.54, 1.807) is 18.2 Å². The molecule has 2 heterocycles. The Morgan fingerprint density at radius 3 is 2.88 bits per heavy atom. The number of nitrogen functional groups attached to an aromatic ring is 1. The molecule has 170 valence electrons. The highest BCUT2D eigenvalue weighted by atomic mass is 32.2. The lowest BCUT2D eigenvalue weighted by atomic mass is 10.1. The van der Waals surface area contributed by atoms with Gasteiger partial charge in [-0.3, -0.25) is 14.2 Å². The van der Waals surface area contributed by atoms with Crippen LogP contribution in [0.3, 0.4) is 0 Å². The van der Waals surface area contributed by atoms with Gasteiger partial charge in [0, 0.05) is 18.2 Å². The zero-order valence-corrected chi connectivity index (χ0v) is 18.9. The number of carbonyl (C=O) groups is 1. The van der Waals surface area contributed by atoms with Gasteiger partial charge in [-0.25, -0.2) is 8.42 Å². The number of fused-ring (bicyclic) bond motifs is 1. The quantitative estimate of drug-likeness (QED) is 0.458. The second-order valence-electron chi connectivity index (χ2n) is 7.94. The van der Waals surface area contributed by atoms with E-state index in [1.165, 1.54) is 16.4 Å². The van der Waals surface area contributed by atoms with Gasteiger partial charge in [0.1, 0.15) is 11.6 Å². The number of carbonyl (C=O) groups excluding carboxylic acids is 1. The van der Waals surface area contributed by atoms with Gasteiger partial charge in [0.15, 0.2) is 5.82 Å². The Morgan fingerprint density at radius 2 is 2.09 bits per heavy atom. The lowest BCUT2D eigenvalue weighted by Crippen LogP contribution is -2.36. The van der Waals surface area contributed by atoms with Gasteiger partial charge in [-0.05, 0) is 56.0 Å². The van der Waals surface area contributed by atoms with E-state index in [1.807, 2.05) is 31.2 Å². The zero-order valence-electron chi connectivity index (χ0n) is 18.1. The Balaban J connectivity index is 1.44. The van der Waals surface area contributed by atoms with Crippen LogP contribution >= 0.6 is 0 Å². The molecule has 3 aromatic rings. The van der Waals surface area contributed by atoms with Crippen LogP contribution in [0.25, 0.3) is 0 Å². The number of hydrogen-bond donors (Lipinski definition) is 3. The van der Waals surface area contributed by atoms with E-state index < -0.39 is 10.0 Å². The number of nitrogens with zero attached hydrogens (tertiary/aromatic N) is 3. The molecule has 0 saturated heterocycles. The van der Waals surface area contributed by atoms with Crippen LogP contribution in [0.15, 0.2) is 53.4 Å². The summed E-state index contributed by atoms with van der Waals surface area (Å²) >= 11 is 0. The van der Waals surface area contributed by atoms with Crippen LogP contribution in [0.2, 0.25) is 0 Å². The lowest BCUT2D eigenvalue weighted by Gasteiger charge is -2.24. The molecule has 0 spiro atoms. The minimum absolute atomic E-state index is 0.0744. The number of sulfonamides is 1. The van der Waals surface area contributed by atoms with E-state index in [0.29, 0.717) is 42.8 Å². The number of nitrogens with two attached hydrogens (primary N) is 1. The molecule has 4 rings (SSSR count). The van der Waals surface area contributed by atoms with Crippen molar-refractivity contribution in [2.75, 3.05) is 16.6 Å². The average molecular weight is 465 g/mol. The zero-order chi connectivity index (χ0) is 23.6. The molecule has 0 aliphatic carbocycles. The number of nitrogens with one attached hydrogen (secondary N) is 2. The van der Waals surface area contributed by atoms with Gasteiger partial charge in [0.25, 0.3) is 15.9 Å². The molecule has 1 aliphatic rings. The Morgan fingerprint density at radius 1 is 1.30 bits per heavy atom. The third-order valence-corrected chi connectivity index (χ3v) is 7.59. The Labute approximate surface area is 192 Å². The number of benzene rings is 2. The van der Waals surface area contributed by atoms with Crippen molar-refractivity contribution in [2.45, 2.75) is 37.1 Å². The molecule has 1 atom stereocenters. The first-order valence-electron chi connectivity index (χ1n) is 10.6. The number of rotatable bonds is 7. The normalized spacial score (nSPS) is 15.2.